The minimum Gasteiger partial charge on any atom is -0.454 e. The average Bonchev–Trinajstić information content (AvgIpc) is 3.37. The van der Waals surface area contributed by atoms with Gasteiger partial charge in [0.15, 0.2) is 5.76 Å². The summed E-state index contributed by atoms with van der Waals surface area (Å²) >= 11 is 0. The lowest BCUT2D eigenvalue weighted by Gasteiger charge is -2.34. The van der Waals surface area contributed by atoms with Crippen LogP contribution in [0.15, 0.2) is 65.1 Å². The number of aliphatic hydroxyl groups is 1. The van der Waals surface area contributed by atoms with Gasteiger partial charge in [-0.25, -0.2) is 0 Å². The fourth-order valence-electron chi connectivity index (χ4n) is 5.36. The van der Waals surface area contributed by atoms with E-state index in [0.29, 0.717) is 22.5 Å². The van der Waals surface area contributed by atoms with Gasteiger partial charge in [0.1, 0.15) is 11.3 Å². The van der Waals surface area contributed by atoms with Crippen LogP contribution in [0.3, 0.4) is 0 Å². The van der Waals surface area contributed by atoms with Gasteiger partial charge >= 0.3 is 0 Å². The van der Waals surface area contributed by atoms with Crippen LogP contribution in [0.2, 0.25) is 0 Å². The van der Waals surface area contributed by atoms with Gasteiger partial charge in [-0.15, -0.1) is 0 Å². The highest BCUT2D eigenvalue weighted by Gasteiger charge is 2.72. The Morgan fingerprint density at radius 2 is 1.83 bits per heavy atom. The Hall–Kier alpha value is -4.10. The molecule has 7 nitrogen and oxygen atoms in total. The molecule has 1 aromatic heterocycles. The van der Waals surface area contributed by atoms with Crippen LogP contribution < -0.4 is 15.8 Å². The van der Waals surface area contributed by atoms with Crippen molar-refractivity contribution in [2.45, 2.75) is 38.0 Å². The molecular formula is C28H24N2O5. The van der Waals surface area contributed by atoms with Crippen LogP contribution in [0.5, 0.6) is 5.75 Å². The lowest BCUT2D eigenvalue weighted by molar-refractivity contribution is -0.169. The molecule has 2 aliphatic rings. The first-order chi connectivity index (χ1) is 16.7. The summed E-state index contributed by atoms with van der Waals surface area (Å²) in [6, 6.07) is 17.5. The van der Waals surface area contributed by atoms with Crippen molar-refractivity contribution in [2.75, 3.05) is 5.73 Å². The maximum atomic E-state index is 14.1. The van der Waals surface area contributed by atoms with Crippen LogP contribution >= 0.6 is 0 Å². The minimum atomic E-state index is -2.18. The van der Waals surface area contributed by atoms with Gasteiger partial charge in [0.2, 0.25) is 11.3 Å². The molecule has 0 fully saturated rings. The average molecular weight is 469 g/mol. The van der Waals surface area contributed by atoms with Gasteiger partial charge in [-0.3, -0.25) is 9.59 Å². The number of hydrogen-bond donors (Lipinski definition) is 3. The molecule has 0 radical (unpaired) electrons. The van der Waals surface area contributed by atoms with Crippen molar-refractivity contribution in [3.05, 3.63) is 94.2 Å². The molecule has 0 saturated heterocycles. The zero-order valence-electron chi connectivity index (χ0n) is 19.5. The molecule has 0 saturated carbocycles. The number of benzene rings is 3. The van der Waals surface area contributed by atoms with Crippen LogP contribution in [0, 0.1) is 6.92 Å². The molecule has 35 heavy (non-hydrogen) atoms. The third-order valence-electron chi connectivity index (χ3n) is 7.22. The number of ketones is 1. The van der Waals surface area contributed by atoms with E-state index in [2.05, 4.69) is 5.32 Å². The number of anilines is 1. The van der Waals surface area contributed by atoms with E-state index in [9.17, 15) is 14.7 Å². The number of nitrogens with one attached hydrogen (secondary N) is 1. The first kappa shape index (κ1) is 21.4. The van der Waals surface area contributed by atoms with Crippen molar-refractivity contribution >= 4 is 28.3 Å². The molecule has 2 heterocycles. The Morgan fingerprint density at radius 3 is 2.57 bits per heavy atom. The number of rotatable bonds is 3. The molecule has 0 bridgehead atoms. The Labute approximate surface area is 201 Å². The van der Waals surface area contributed by atoms with E-state index < -0.39 is 23.0 Å². The topological polar surface area (TPSA) is 115 Å². The Morgan fingerprint density at radius 1 is 1.06 bits per heavy atom. The number of nitrogens with two attached hydrogens (primary N) is 1. The number of Topliss-reactive ketones (excluding diaryl/α,β-unsaturated/α-hetero) is 1. The van der Waals surface area contributed by atoms with Gasteiger partial charge in [0, 0.05) is 27.8 Å². The summed E-state index contributed by atoms with van der Waals surface area (Å²) in [5, 5.41) is 15.7. The number of carbonyl (C=O) groups excluding carboxylic acids is 2. The highest BCUT2D eigenvalue weighted by atomic mass is 16.6. The summed E-state index contributed by atoms with van der Waals surface area (Å²) in [6.07, 6.45) is 0. The number of hydrogen-bond acceptors (Lipinski definition) is 6. The molecular weight excluding hydrogens is 444 g/mol. The normalized spacial score (nSPS) is 22.1. The molecule has 3 aromatic carbocycles. The molecule has 7 heteroatoms. The molecule has 4 N–H and O–H groups in total. The summed E-state index contributed by atoms with van der Waals surface area (Å²) in [5.74, 6) is -2.76. The zero-order valence-corrected chi connectivity index (χ0v) is 19.5. The largest absolute Gasteiger partial charge is 0.454 e. The second-order valence-corrected chi connectivity index (χ2v) is 9.51. The first-order valence-electron chi connectivity index (χ1n) is 11.5. The Bertz CT molecular complexity index is 1570. The quantitative estimate of drug-likeness (QED) is 0.381. The predicted octanol–water partition coefficient (Wildman–Crippen LogP) is 4.51. The van der Waals surface area contributed by atoms with Gasteiger partial charge in [0.25, 0.3) is 11.7 Å². The highest BCUT2D eigenvalue weighted by Crippen LogP contribution is 2.59. The van der Waals surface area contributed by atoms with Gasteiger partial charge in [-0.1, -0.05) is 56.3 Å². The molecule has 176 valence electrons. The van der Waals surface area contributed by atoms with Crippen molar-refractivity contribution in [2.24, 2.45) is 0 Å². The minimum absolute atomic E-state index is 0.0619. The molecule has 0 spiro atoms. The molecule has 2 unspecified atom stereocenters. The van der Waals surface area contributed by atoms with E-state index in [-0.39, 0.29) is 28.5 Å². The third kappa shape index (κ3) is 2.58. The predicted molar refractivity (Wildman–Crippen MR) is 130 cm³/mol. The number of para-hydroxylation sites is 1. The number of ether oxygens (including phenoxy) is 1. The smallest absolute Gasteiger partial charge is 0.288 e. The SMILES string of the molecule is Cc1c(C(=O)NC23C(=O)c4c(N)cccc4C2(O)Oc2cc(C(C)C)ccc23)oc2ccccc12. The molecule has 1 aliphatic heterocycles. The second-order valence-electron chi connectivity index (χ2n) is 9.51. The van der Waals surface area contributed by atoms with Crippen LogP contribution in [0.1, 0.15) is 62.9 Å². The molecule has 4 aromatic rings. The van der Waals surface area contributed by atoms with E-state index in [1.165, 1.54) is 0 Å². The maximum Gasteiger partial charge on any atom is 0.288 e. The molecule has 6 rings (SSSR count). The number of fused-ring (bicyclic) bond motifs is 6. The lowest BCUT2D eigenvalue weighted by atomic mass is 9.82. The molecule has 1 aliphatic carbocycles. The van der Waals surface area contributed by atoms with E-state index >= 15 is 0 Å². The van der Waals surface area contributed by atoms with Crippen LogP contribution in [0.4, 0.5) is 5.69 Å². The van der Waals surface area contributed by atoms with Crippen molar-refractivity contribution in [1.29, 1.82) is 0 Å². The number of furan rings is 1. The fourth-order valence-corrected chi connectivity index (χ4v) is 5.36. The standard InChI is InChI=1S/C28H24N2O5/c1-14(2)16-11-12-18-22(13-16)35-28(33)19-8-6-9-20(29)23(19)25(31)27(18,28)30-26(32)24-15(3)17-7-4-5-10-21(17)34-24/h4-14,33H,29H2,1-3H3,(H,30,32). The summed E-state index contributed by atoms with van der Waals surface area (Å²) in [7, 11) is 0. The van der Waals surface area contributed by atoms with Crippen molar-refractivity contribution in [3.8, 4) is 5.75 Å². The maximum absolute atomic E-state index is 14.1. The van der Waals surface area contributed by atoms with Crippen LogP contribution in [-0.4, -0.2) is 16.8 Å². The Balaban J connectivity index is 1.56. The van der Waals surface area contributed by atoms with Crippen molar-refractivity contribution in [1.82, 2.24) is 5.32 Å². The summed E-state index contributed by atoms with van der Waals surface area (Å²) in [6.45, 7) is 5.85. The summed E-state index contributed by atoms with van der Waals surface area (Å²) in [5.41, 5.74) is 7.31. The number of nitrogen functional groups attached to an aromatic ring is 1. The van der Waals surface area contributed by atoms with E-state index in [1.54, 1.807) is 43.3 Å². The molecule has 1 amide bonds. The first-order valence-corrected chi connectivity index (χ1v) is 11.5. The van der Waals surface area contributed by atoms with E-state index in [0.717, 1.165) is 10.9 Å². The van der Waals surface area contributed by atoms with Crippen LogP contribution in [0.25, 0.3) is 11.0 Å². The van der Waals surface area contributed by atoms with Gasteiger partial charge < -0.3 is 25.3 Å². The highest BCUT2D eigenvalue weighted by molar-refractivity contribution is 6.16. The van der Waals surface area contributed by atoms with Crippen LogP contribution in [-0.2, 0) is 11.3 Å². The lowest BCUT2D eigenvalue weighted by Crippen LogP contribution is -2.60. The number of aryl methyl sites for hydroxylation is 1. The monoisotopic (exact) mass is 468 g/mol. The number of amides is 1. The van der Waals surface area contributed by atoms with Gasteiger partial charge in [-0.05, 0) is 36.6 Å². The fraction of sp³-hybridized carbons (Fsp3) is 0.214. The third-order valence-corrected chi connectivity index (χ3v) is 7.22. The zero-order chi connectivity index (χ0) is 24.7. The van der Waals surface area contributed by atoms with Crippen molar-refractivity contribution < 1.29 is 23.8 Å². The Kier molecular flexibility index (Phi) is 4.26. The van der Waals surface area contributed by atoms with Gasteiger partial charge in [0.05, 0.1) is 5.56 Å². The summed E-state index contributed by atoms with van der Waals surface area (Å²) < 4.78 is 12.0. The summed E-state index contributed by atoms with van der Waals surface area (Å²) in [4.78, 5) is 27.7. The second kappa shape index (κ2) is 6.96. The van der Waals surface area contributed by atoms with E-state index in [4.69, 9.17) is 14.9 Å². The van der Waals surface area contributed by atoms with E-state index in [1.807, 2.05) is 38.1 Å². The van der Waals surface area contributed by atoms with Gasteiger partial charge in [-0.2, -0.15) is 0 Å². The van der Waals surface area contributed by atoms with Crippen molar-refractivity contribution in [3.63, 3.8) is 0 Å². The molecule has 2 atom stereocenters. The number of carbonyl (C=O) groups is 2.